The number of hydrogen-bond donors (Lipinski definition) is 1. The molecule has 2 aliphatic rings. The summed E-state index contributed by atoms with van der Waals surface area (Å²) in [5.74, 6) is -2.49. The molecule has 2 fully saturated rings. The summed E-state index contributed by atoms with van der Waals surface area (Å²) in [5.41, 5.74) is -0.391. The van der Waals surface area contributed by atoms with Gasteiger partial charge in [-0.15, -0.1) is 0 Å². The molecular weight excluding hydrogens is 185 g/mol. The van der Waals surface area contributed by atoms with Gasteiger partial charge in [0.15, 0.2) is 5.78 Å². The fourth-order valence-electron chi connectivity index (χ4n) is 1.84. The van der Waals surface area contributed by atoms with Crippen LogP contribution >= 0.6 is 0 Å². The van der Waals surface area contributed by atoms with E-state index in [4.69, 9.17) is 5.11 Å². The lowest BCUT2D eigenvalue weighted by molar-refractivity contribution is -0.127. The second-order valence-corrected chi connectivity index (χ2v) is 3.49. The molecule has 0 spiro atoms. The predicted molar refractivity (Wildman–Crippen MR) is 36.9 cm³/mol. The average molecular weight is 192 g/mol. The Hall–Kier alpha value is -1.00. The summed E-state index contributed by atoms with van der Waals surface area (Å²) >= 11 is 0. The van der Waals surface area contributed by atoms with Crippen LogP contribution in [0.2, 0.25) is 0 Å². The highest BCUT2D eigenvalue weighted by atomic mass is 19.4. The van der Waals surface area contributed by atoms with Crippen LogP contribution in [-0.2, 0) is 4.79 Å². The first kappa shape index (κ1) is 8.59. The van der Waals surface area contributed by atoms with Gasteiger partial charge < -0.3 is 5.11 Å². The Labute approximate surface area is 72.0 Å². The number of aliphatic hydroxyl groups is 1. The molecule has 0 aromatic carbocycles. The van der Waals surface area contributed by atoms with Crippen LogP contribution in [0.3, 0.4) is 0 Å². The van der Waals surface area contributed by atoms with Crippen LogP contribution in [0.4, 0.5) is 13.2 Å². The zero-order valence-corrected chi connectivity index (χ0v) is 6.56. The van der Waals surface area contributed by atoms with Crippen molar-refractivity contribution in [2.24, 2.45) is 11.8 Å². The third-order valence-electron chi connectivity index (χ3n) is 2.57. The van der Waals surface area contributed by atoms with Gasteiger partial charge in [0.05, 0.1) is 0 Å². The van der Waals surface area contributed by atoms with Gasteiger partial charge in [-0.05, 0) is 18.3 Å². The summed E-state index contributed by atoms with van der Waals surface area (Å²) in [5, 5.41) is 8.79. The smallest absolute Gasteiger partial charge is 0.449 e. The van der Waals surface area contributed by atoms with Gasteiger partial charge in [0.25, 0.3) is 0 Å². The minimum absolute atomic E-state index is 0.0620. The van der Waals surface area contributed by atoms with Crippen LogP contribution in [0, 0.1) is 11.8 Å². The van der Waals surface area contributed by atoms with Crippen LogP contribution < -0.4 is 0 Å². The maximum atomic E-state index is 12.0. The van der Waals surface area contributed by atoms with E-state index >= 15 is 0 Å². The van der Waals surface area contributed by atoms with Gasteiger partial charge in [-0.3, -0.25) is 4.79 Å². The van der Waals surface area contributed by atoms with Gasteiger partial charge in [0.1, 0.15) is 0 Å². The molecule has 2 rings (SSSR count). The largest absolute Gasteiger partial charge is 0.504 e. The highest BCUT2D eigenvalue weighted by Crippen LogP contribution is 2.55. The molecule has 0 amide bonds. The van der Waals surface area contributed by atoms with Crippen molar-refractivity contribution in [1.29, 1.82) is 0 Å². The van der Waals surface area contributed by atoms with E-state index in [0.717, 1.165) is 0 Å². The molecule has 13 heavy (non-hydrogen) atoms. The summed E-state index contributed by atoms with van der Waals surface area (Å²) < 4.78 is 36.0. The van der Waals surface area contributed by atoms with E-state index in [2.05, 4.69) is 0 Å². The third kappa shape index (κ3) is 1.22. The minimum atomic E-state index is -4.78. The van der Waals surface area contributed by atoms with Gasteiger partial charge in [-0.25, -0.2) is 0 Å². The number of Topliss-reactive ketones (excluding diaryl/α,β-unsaturated/α-hetero) is 1. The Bertz CT molecular complexity index is 303. The van der Waals surface area contributed by atoms with Gasteiger partial charge in [-0.1, -0.05) is 0 Å². The number of fused-ring (bicyclic) bond motifs is 1. The van der Waals surface area contributed by atoms with Crippen LogP contribution in [0.5, 0.6) is 0 Å². The van der Waals surface area contributed by atoms with Crippen molar-refractivity contribution < 1.29 is 23.1 Å². The van der Waals surface area contributed by atoms with Crippen molar-refractivity contribution in [1.82, 2.24) is 0 Å². The Morgan fingerprint density at radius 3 is 2.46 bits per heavy atom. The van der Waals surface area contributed by atoms with Crippen molar-refractivity contribution in [3.63, 3.8) is 0 Å². The summed E-state index contributed by atoms with van der Waals surface area (Å²) in [6.45, 7) is 0. The van der Waals surface area contributed by atoms with E-state index in [1.54, 1.807) is 0 Å². The van der Waals surface area contributed by atoms with E-state index in [1.807, 2.05) is 0 Å². The molecule has 0 aromatic rings. The molecular formula is C8H7F3O2. The monoisotopic (exact) mass is 192 g/mol. The quantitative estimate of drug-likeness (QED) is 0.470. The van der Waals surface area contributed by atoms with E-state index < -0.39 is 23.3 Å². The highest BCUT2D eigenvalue weighted by molar-refractivity contribution is 6.00. The number of carbonyl (C=O) groups is 1. The van der Waals surface area contributed by atoms with Crippen LogP contribution in [-0.4, -0.2) is 17.1 Å². The Balaban J connectivity index is 2.37. The maximum Gasteiger partial charge on any atom is 0.449 e. The first-order valence-electron chi connectivity index (χ1n) is 3.94. The molecule has 1 N–H and O–H groups in total. The highest BCUT2D eigenvalue weighted by Gasteiger charge is 2.54. The molecule has 0 bridgehead atoms. The van der Waals surface area contributed by atoms with E-state index in [0.29, 0.717) is 6.42 Å². The SMILES string of the molecule is O=C1C[C@H]2C[C@H]2/C1=C(/O)C(F)(F)F. The van der Waals surface area contributed by atoms with Crippen LogP contribution in [0.1, 0.15) is 12.8 Å². The predicted octanol–water partition coefficient (Wildman–Crippen LogP) is 1.97. The van der Waals surface area contributed by atoms with Crippen molar-refractivity contribution in [3.05, 3.63) is 11.3 Å². The Morgan fingerprint density at radius 2 is 2.08 bits per heavy atom. The Morgan fingerprint density at radius 1 is 1.46 bits per heavy atom. The van der Waals surface area contributed by atoms with Gasteiger partial charge >= 0.3 is 6.18 Å². The lowest BCUT2D eigenvalue weighted by atomic mass is 10.1. The standard InChI is InChI=1S/C8H7F3O2/c9-8(10,11)7(13)6-4-1-3(4)2-5(6)12/h3-4,13H,1-2H2/b7-6-/t3-,4-/m1/s1. The minimum Gasteiger partial charge on any atom is -0.504 e. The topological polar surface area (TPSA) is 37.3 Å². The van der Waals surface area contributed by atoms with Gasteiger partial charge in [-0.2, -0.15) is 13.2 Å². The van der Waals surface area contributed by atoms with Crippen molar-refractivity contribution >= 4 is 5.78 Å². The van der Waals surface area contributed by atoms with Gasteiger partial charge in [0.2, 0.25) is 5.76 Å². The number of hydrogen-bond acceptors (Lipinski definition) is 2. The maximum absolute atomic E-state index is 12.0. The Kier molecular flexibility index (Phi) is 1.50. The fourth-order valence-corrected chi connectivity index (χ4v) is 1.84. The molecule has 5 heteroatoms. The summed E-state index contributed by atoms with van der Waals surface area (Å²) in [4.78, 5) is 11.0. The number of aliphatic hydroxyl groups excluding tert-OH is 1. The second-order valence-electron chi connectivity index (χ2n) is 3.49. The molecule has 2 atom stereocenters. The average Bonchev–Trinajstić information content (AvgIpc) is 2.61. The number of carbonyl (C=O) groups excluding carboxylic acids is 1. The van der Waals surface area contributed by atoms with Crippen LogP contribution in [0.25, 0.3) is 0 Å². The molecule has 0 radical (unpaired) electrons. The fraction of sp³-hybridized carbons (Fsp3) is 0.625. The number of halogens is 3. The normalized spacial score (nSPS) is 36.1. The van der Waals surface area contributed by atoms with E-state index in [1.165, 1.54) is 0 Å². The zero-order valence-electron chi connectivity index (χ0n) is 6.56. The molecule has 0 aliphatic heterocycles. The summed E-state index contributed by atoms with van der Waals surface area (Å²) in [7, 11) is 0. The van der Waals surface area contributed by atoms with E-state index in [-0.39, 0.29) is 18.3 Å². The van der Waals surface area contributed by atoms with Crippen LogP contribution in [0.15, 0.2) is 11.3 Å². The molecule has 0 aromatic heterocycles. The number of alkyl halides is 3. The summed E-state index contributed by atoms with van der Waals surface area (Å²) in [6, 6.07) is 0. The van der Waals surface area contributed by atoms with Crippen molar-refractivity contribution in [3.8, 4) is 0 Å². The number of allylic oxidation sites excluding steroid dienone is 2. The van der Waals surface area contributed by atoms with Gasteiger partial charge in [0, 0.05) is 12.0 Å². The van der Waals surface area contributed by atoms with Crippen molar-refractivity contribution in [2.75, 3.05) is 0 Å². The molecule has 72 valence electrons. The molecule has 2 nitrogen and oxygen atoms in total. The molecule has 0 saturated heterocycles. The molecule has 0 heterocycles. The number of rotatable bonds is 0. The van der Waals surface area contributed by atoms with E-state index in [9.17, 15) is 18.0 Å². The molecule has 0 unspecified atom stereocenters. The van der Waals surface area contributed by atoms with Crippen molar-refractivity contribution in [2.45, 2.75) is 19.0 Å². The number of ketones is 1. The first-order chi connectivity index (χ1) is 5.91. The first-order valence-corrected chi connectivity index (χ1v) is 3.94. The lowest BCUT2D eigenvalue weighted by Crippen LogP contribution is -2.17. The second kappa shape index (κ2) is 2.27. The lowest BCUT2D eigenvalue weighted by Gasteiger charge is -2.08. The molecule has 2 aliphatic carbocycles. The third-order valence-corrected chi connectivity index (χ3v) is 2.57. The molecule has 2 saturated carbocycles. The summed E-state index contributed by atoms with van der Waals surface area (Å²) in [6.07, 6.45) is -4.00. The zero-order chi connectivity index (χ0) is 9.80.